The van der Waals surface area contributed by atoms with Gasteiger partial charge in [0.2, 0.25) is 0 Å². The van der Waals surface area contributed by atoms with E-state index in [1.807, 2.05) is 0 Å². The van der Waals surface area contributed by atoms with Crippen molar-refractivity contribution in [2.75, 3.05) is 0 Å². The topological polar surface area (TPSA) is 12.0 Å². The molecule has 92 valence electrons. The van der Waals surface area contributed by atoms with E-state index in [0.717, 1.165) is 6.54 Å². The molecule has 1 unspecified atom stereocenters. The first-order valence-electron chi connectivity index (χ1n) is 6.69. The molecular weight excluding hydrogens is 218 g/mol. The maximum Gasteiger partial charge on any atom is 0.0329 e. The van der Waals surface area contributed by atoms with E-state index >= 15 is 0 Å². The molecule has 0 amide bonds. The van der Waals surface area contributed by atoms with Gasteiger partial charge in [-0.15, -0.1) is 0 Å². The molecule has 0 heterocycles. The lowest BCUT2D eigenvalue weighted by atomic mass is 10.0. The molecule has 1 heteroatoms. The summed E-state index contributed by atoms with van der Waals surface area (Å²) in [6, 6.07) is 18.0. The molecule has 2 aromatic carbocycles. The molecule has 1 aliphatic rings. The predicted molar refractivity (Wildman–Crippen MR) is 75.5 cm³/mol. The zero-order chi connectivity index (χ0) is 12.4. The van der Waals surface area contributed by atoms with Crippen LogP contribution in [0.5, 0.6) is 0 Å². The molecule has 18 heavy (non-hydrogen) atoms. The van der Waals surface area contributed by atoms with Crippen molar-refractivity contribution < 1.29 is 0 Å². The highest BCUT2D eigenvalue weighted by atomic mass is 14.9. The van der Waals surface area contributed by atoms with Gasteiger partial charge in [-0.25, -0.2) is 0 Å². The lowest BCUT2D eigenvalue weighted by Crippen LogP contribution is -2.18. The van der Waals surface area contributed by atoms with E-state index in [4.69, 9.17) is 0 Å². The Morgan fingerprint density at radius 2 is 1.94 bits per heavy atom. The summed E-state index contributed by atoms with van der Waals surface area (Å²) >= 11 is 0. The molecule has 1 atom stereocenters. The van der Waals surface area contributed by atoms with Crippen molar-refractivity contribution >= 4 is 0 Å². The second-order valence-electron chi connectivity index (χ2n) is 5.16. The largest absolute Gasteiger partial charge is 0.306 e. The van der Waals surface area contributed by atoms with Gasteiger partial charge in [-0.3, -0.25) is 0 Å². The van der Waals surface area contributed by atoms with Crippen molar-refractivity contribution in [3.63, 3.8) is 0 Å². The fourth-order valence-electron chi connectivity index (χ4n) is 2.77. The Hall–Kier alpha value is -1.60. The summed E-state index contributed by atoms with van der Waals surface area (Å²) in [6.07, 6.45) is 2.44. The Morgan fingerprint density at radius 3 is 2.78 bits per heavy atom. The number of benzene rings is 2. The van der Waals surface area contributed by atoms with Crippen LogP contribution in [0.3, 0.4) is 0 Å². The Balaban J connectivity index is 1.71. The van der Waals surface area contributed by atoms with Gasteiger partial charge in [-0.2, -0.15) is 0 Å². The van der Waals surface area contributed by atoms with Crippen LogP contribution in [0.1, 0.15) is 34.7 Å². The van der Waals surface area contributed by atoms with E-state index in [1.165, 1.54) is 35.1 Å². The van der Waals surface area contributed by atoms with Crippen LogP contribution in [0.15, 0.2) is 48.5 Å². The first-order chi connectivity index (χ1) is 8.83. The summed E-state index contributed by atoms with van der Waals surface area (Å²) in [5.74, 6) is 0. The monoisotopic (exact) mass is 237 g/mol. The number of rotatable bonds is 3. The fourth-order valence-corrected chi connectivity index (χ4v) is 2.77. The van der Waals surface area contributed by atoms with Gasteiger partial charge in [0.15, 0.2) is 0 Å². The molecule has 1 aliphatic carbocycles. The average molecular weight is 237 g/mol. The highest BCUT2D eigenvalue weighted by Crippen LogP contribution is 2.31. The molecule has 0 saturated carbocycles. The molecule has 3 rings (SSSR count). The SMILES string of the molecule is Cc1ccc2c(c1)C(NCc1ccccc1)CC2. The van der Waals surface area contributed by atoms with E-state index in [-0.39, 0.29) is 0 Å². The molecule has 0 radical (unpaired) electrons. The van der Waals surface area contributed by atoms with Crippen molar-refractivity contribution in [1.29, 1.82) is 0 Å². The van der Waals surface area contributed by atoms with Crippen LogP contribution in [0.2, 0.25) is 0 Å². The maximum absolute atomic E-state index is 3.68. The van der Waals surface area contributed by atoms with Gasteiger partial charge in [0.1, 0.15) is 0 Å². The summed E-state index contributed by atoms with van der Waals surface area (Å²) in [5.41, 5.74) is 5.75. The van der Waals surface area contributed by atoms with Gasteiger partial charge >= 0.3 is 0 Å². The second-order valence-corrected chi connectivity index (χ2v) is 5.16. The van der Waals surface area contributed by atoms with Crippen molar-refractivity contribution in [3.05, 3.63) is 70.8 Å². The summed E-state index contributed by atoms with van der Waals surface area (Å²) in [4.78, 5) is 0. The minimum Gasteiger partial charge on any atom is -0.306 e. The Morgan fingerprint density at radius 1 is 1.11 bits per heavy atom. The van der Waals surface area contributed by atoms with Crippen LogP contribution < -0.4 is 5.32 Å². The maximum atomic E-state index is 3.68. The standard InChI is InChI=1S/C17H19N/c1-13-7-8-15-9-10-17(16(15)11-13)18-12-14-5-3-2-4-6-14/h2-8,11,17-18H,9-10,12H2,1H3. The van der Waals surface area contributed by atoms with E-state index in [9.17, 15) is 0 Å². The molecule has 2 aromatic rings. The van der Waals surface area contributed by atoms with E-state index in [2.05, 4.69) is 60.8 Å². The number of nitrogens with one attached hydrogen (secondary N) is 1. The van der Waals surface area contributed by atoms with Crippen LogP contribution in [0, 0.1) is 6.92 Å². The molecule has 0 spiro atoms. The van der Waals surface area contributed by atoms with Gasteiger partial charge < -0.3 is 5.32 Å². The number of hydrogen-bond donors (Lipinski definition) is 1. The molecule has 0 fully saturated rings. The van der Waals surface area contributed by atoms with E-state index in [0.29, 0.717) is 6.04 Å². The minimum absolute atomic E-state index is 0.528. The zero-order valence-electron chi connectivity index (χ0n) is 10.8. The predicted octanol–water partition coefficient (Wildman–Crippen LogP) is 3.77. The summed E-state index contributed by atoms with van der Waals surface area (Å²) < 4.78 is 0. The lowest BCUT2D eigenvalue weighted by Gasteiger charge is -2.14. The van der Waals surface area contributed by atoms with Crippen LogP contribution in [0.25, 0.3) is 0 Å². The highest BCUT2D eigenvalue weighted by molar-refractivity contribution is 5.37. The Kier molecular flexibility index (Phi) is 3.16. The summed E-state index contributed by atoms with van der Waals surface area (Å²) in [6.45, 7) is 3.13. The van der Waals surface area contributed by atoms with Crippen molar-refractivity contribution in [2.24, 2.45) is 0 Å². The first kappa shape index (κ1) is 11.5. The van der Waals surface area contributed by atoms with E-state index < -0.39 is 0 Å². The van der Waals surface area contributed by atoms with Gasteiger partial charge in [0, 0.05) is 12.6 Å². The minimum atomic E-state index is 0.528. The number of hydrogen-bond acceptors (Lipinski definition) is 1. The zero-order valence-corrected chi connectivity index (χ0v) is 10.8. The third-order valence-corrected chi connectivity index (χ3v) is 3.77. The molecule has 1 N–H and O–H groups in total. The molecular formula is C17H19N. The highest BCUT2D eigenvalue weighted by Gasteiger charge is 2.21. The smallest absolute Gasteiger partial charge is 0.0329 e. The van der Waals surface area contributed by atoms with Gasteiger partial charge in [0.25, 0.3) is 0 Å². The van der Waals surface area contributed by atoms with E-state index in [1.54, 1.807) is 0 Å². The van der Waals surface area contributed by atoms with Gasteiger partial charge in [-0.1, -0.05) is 54.1 Å². The van der Waals surface area contributed by atoms with Gasteiger partial charge in [0.05, 0.1) is 0 Å². The third-order valence-electron chi connectivity index (χ3n) is 3.77. The average Bonchev–Trinajstić information content (AvgIpc) is 2.80. The Labute approximate surface area is 109 Å². The summed E-state index contributed by atoms with van der Waals surface area (Å²) in [7, 11) is 0. The van der Waals surface area contributed by atoms with Crippen molar-refractivity contribution in [3.8, 4) is 0 Å². The molecule has 0 saturated heterocycles. The van der Waals surface area contributed by atoms with Crippen LogP contribution in [-0.2, 0) is 13.0 Å². The third kappa shape index (κ3) is 2.32. The lowest BCUT2D eigenvalue weighted by molar-refractivity contribution is 0.530. The first-order valence-corrected chi connectivity index (χ1v) is 6.69. The van der Waals surface area contributed by atoms with Crippen LogP contribution in [0.4, 0.5) is 0 Å². The van der Waals surface area contributed by atoms with Gasteiger partial charge in [-0.05, 0) is 36.5 Å². The summed E-state index contributed by atoms with van der Waals surface area (Å²) in [5, 5.41) is 3.68. The van der Waals surface area contributed by atoms with Crippen molar-refractivity contribution in [2.45, 2.75) is 32.4 Å². The van der Waals surface area contributed by atoms with Crippen LogP contribution >= 0.6 is 0 Å². The quantitative estimate of drug-likeness (QED) is 0.856. The second kappa shape index (κ2) is 4.95. The normalized spacial score (nSPS) is 17.7. The van der Waals surface area contributed by atoms with Crippen molar-refractivity contribution in [1.82, 2.24) is 5.32 Å². The fraction of sp³-hybridized carbons (Fsp3) is 0.294. The molecule has 1 nitrogen and oxygen atoms in total. The molecule has 0 bridgehead atoms. The molecule has 0 aromatic heterocycles. The Bertz CT molecular complexity index is 531. The van der Waals surface area contributed by atoms with Crippen LogP contribution in [-0.4, -0.2) is 0 Å². The number of fused-ring (bicyclic) bond motifs is 1. The number of aryl methyl sites for hydroxylation is 2. The molecule has 0 aliphatic heterocycles.